The summed E-state index contributed by atoms with van der Waals surface area (Å²) in [5, 5.41) is 15.0. The maximum absolute atomic E-state index is 12.2. The largest absolute Gasteiger partial charge is 0.497 e. The normalized spacial score (nSPS) is 12.6. The number of aliphatic hydroxyl groups excluding tert-OH is 1. The molecule has 0 aliphatic rings. The lowest BCUT2D eigenvalue weighted by atomic mass is 10.3. The van der Waals surface area contributed by atoms with E-state index in [1.807, 2.05) is 0 Å². The van der Waals surface area contributed by atoms with Gasteiger partial charge in [-0.1, -0.05) is 5.16 Å². The van der Waals surface area contributed by atoms with Gasteiger partial charge in [0.15, 0.2) is 5.82 Å². The van der Waals surface area contributed by atoms with Gasteiger partial charge in [0.25, 0.3) is 0 Å². The Hall–Kier alpha value is -2.43. The highest BCUT2D eigenvalue weighted by Crippen LogP contribution is 2.15. The molecule has 9 nitrogen and oxygen atoms in total. The number of nitrogens with zero attached hydrogens (tertiary/aromatic N) is 1. The van der Waals surface area contributed by atoms with E-state index >= 15 is 0 Å². The third kappa shape index (κ3) is 4.28. The van der Waals surface area contributed by atoms with E-state index in [1.54, 1.807) is 0 Å². The Balaban J connectivity index is 2.10. The third-order valence-electron chi connectivity index (χ3n) is 2.86. The van der Waals surface area contributed by atoms with Crippen molar-refractivity contribution in [1.29, 1.82) is 0 Å². The van der Waals surface area contributed by atoms with E-state index in [9.17, 15) is 18.3 Å². The van der Waals surface area contributed by atoms with E-state index in [4.69, 9.17) is 4.74 Å². The van der Waals surface area contributed by atoms with Gasteiger partial charge in [0, 0.05) is 6.07 Å². The molecule has 1 aromatic heterocycles. The van der Waals surface area contributed by atoms with Crippen molar-refractivity contribution in [3.63, 3.8) is 0 Å². The molecule has 0 saturated heterocycles. The predicted molar refractivity (Wildman–Crippen MR) is 79.3 cm³/mol. The molecule has 124 valence electrons. The van der Waals surface area contributed by atoms with Gasteiger partial charge in [-0.3, -0.25) is 4.79 Å². The minimum absolute atomic E-state index is 0.0639. The van der Waals surface area contributed by atoms with Crippen LogP contribution in [0, 0.1) is 0 Å². The number of aliphatic hydroxyl groups is 1. The molecule has 1 amide bonds. The molecule has 23 heavy (non-hydrogen) atoms. The molecule has 10 heteroatoms. The van der Waals surface area contributed by atoms with E-state index in [0.29, 0.717) is 5.75 Å². The summed E-state index contributed by atoms with van der Waals surface area (Å²) in [6.07, 6.45) is 1.24. The van der Waals surface area contributed by atoms with Gasteiger partial charge in [-0.2, -0.15) is 4.72 Å². The van der Waals surface area contributed by atoms with E-state index in [2.05, 4.69) is 19.7 Å². The predicted octanol–water partition coefficient (Wildman–Crippen LogP) is -0.0389. The van der Waals surface area contributed by atoms with Crippen LogP contribution in [0.25, 0.3) is 0 Å². The minimum Gasteiger partial charge on any atom is -0.497 e. The van der Waals surface area contributed by atoms with Crippen LogP contribution in [0.15, 0.2) is 46.0 Å². The number of hydrogen-bond acceptors (Lipinski definition) is 7. The summed E-state index contributed by atoms with van der Waals surface area (Å²) < 4.78 is 36.1. The average molecular weight is 341 g/mol. The van der Waals surface area contributed by atoms with Crippen molar-refractivity contribution in [2.75, 3.05) is 19.0 Å². The molecule has 0 fully saturated rings. The standard InChI is InChI=1S/C13H15N3O6S/c1-21-9-2-4-10(5-3-9)23(19,20)16-11(8-17)13(18)14-12-6-7-22-15-12/h2-7,11,16-17H,8H2,1H3,(H,14,15,18). The Kier molecular flexibility index (Phi) is 5.32. The van der Waals surface area contributed by atoms with E-state index in [0.717, 1.165) is 0 Å². The smallest absolute Gasteiger partial charge is 0.246 e. The molecule has 0 aliphatic heterocycles. The molecular formula is C13H15N3O6S. The van der Waals surface area contributed by atoms with Crippen molar-refractivity contribution in [2.24, 2.45) is 0 Å². The Bertz CT molecular complexity index is 743. The lowest BCUT2D eigenvalue weighted by Gasteiger charge is -2.15. The summed E-state index contributed by atoms with van der Waals surface area (Å²) in [5.41, 5.74) is 0. The molecule has 0 aliphatic carbocycles. The number of amides is 1. The number of sulfonamides is 1. The molecular weight excluding hydrogens is 326 g/mol. The average Bonchev–Trinajstić information content (AvgIpc) is 3.05. The molecule has 0 bridgehead atoms. The molecule has 0 spiro atoms. The van der Waals surface area contributed by atoms with Crippen molar-refractivity contribution in [1.82, 2.24) is 9.88 Å². The number of benzene rings is 1. The second kappa shape index (κ2) is 7.22. The van der Waals surface area contributed by atoms with Crippen LogP contribution in [-0.2, 0) is 14.8 Å². The number of carbonyl (C=O) groups is 1. The maximum Gasteiger partial charge on any atom is 0.246 e. The van der Waals surface area contributed by atoms with Crippen molar-refractivity contribution in [3.05, 3.63) is 36.6 Å². The van der Waals surface area contributed by atoms with Crippen LogP contribution >= 0.6 is 0 Å². The van der Waals surface area contributed by atoms with Gasteiger partial charge < -0.3 is 19.7 Å². The molecule has 0 radical (unpaired) electrons. The van der Waals surface area contributed by atoms with Crippen LogP contribution in [0.3, 0.4) is 0 Å². The first-order valence-electron chi connectivity index (χ1n) is 6.45. The van der Waals surface area contributed by atoms with Crippen molar-refractivity contribution >= 4 is 21.7 Å². The first-order chi connectivity index (χ1) is 11.0. The van der Waals surface area contributed by atoms with Crippen LogP contribution < -0.4 is 14.8 Å². The SMILES string of the molecule is COc1ccc(S(=O)(=O)NC(CO)C(=O)Nc2ccon2)cc1. The molecule has 2 rings (SSSR count). The summed E-state index contributed by atoms with van der Waals surface area (Å²) in [4.78, 5) is 11.9. The number of rotatable bonds is 7. The summed E-state index contributed by atoms with van der Waals surface area (Å²) >= 11 is 0. The highest BCUT2D eigenvalue weighted by atomic mass is 32.2. The van der Waals surface area contributed by atoms with Crippen molar-refractivity contribution in [3.8, 4) is 5.75 Å². The molecule has 1 atom stereocenters. The molecule has 1 unspecified atom stereocenters. The second-order valence-electron chi connectivity index (χ2n) is 4.41. The van der Waals surface area contributed by atoms with Crippen LogP contribution in [-0.4, -0.2) is 44.3 Å². The molecule has 3 N–H and O–H groups in total. The van der Waals surface area contributed by atoms with Gasteiger partial charge in [-0.05, 0) is 24.3 Å². The quantitative estimate of drug-likeness (QED) is 0.644. The van der Waals surface area contributed by atoms with Crippen molar-refractivity contribution < 1.29 is 27.6 Å². The number of hydrogen-bond donors (Lipinski definition) is 3. The number of anilines is 1. The highest BCUT2D eigenvalue weighted by Gasteiger charge is 2.25. The lowest BCUT2D eigenvalue weighted by Crippen LogP contribution is -2.46. The second-order valence-corrected chi connectivity index (χ2v) is 6.12. The third-order valence-corrected chi connectivity index (χ3v) is 4.34. The van der Waals surface area contributed by atoms with Gasteiger partial charge in [0.2, 0.25) is 15.9 Å². The fraction of sp³-hybridized carbons (Fsp3) is 0.231. The van der Waals surface area contributed by atoms with Crippen LogP contribution in [0.2, 0.25) is 0 Å². The summed E-state index contributed by atoms with van der Waals surface area (Å²) in [6, 6.07) is 5.59. The van der Waals surface area contributed by atoms with Gasteiger partial charge in [-0.15, -0.1) is 0 Å². The molecule has 2 aromatic rings. The first kappa shape index (κ1) is 16.9. The van der Waals surface area contributed by atoms with Gasteiger partial charge in [0.1, 0.15) is 18.1 Å². The zero-order valence-electron chi connectivity index (χ0n) is 12.1. The molecule has 0 saturated carbocycles. The lowest BCUT2D eigenvalue weighted by molar-refractivity contribution is -0.118. The van der Waals surface area contributed by atoms with E-state index < -0.39 is 28.6 Å². The fourth-order valence-corrected chi connectivity index (χ4v) is 2.86. The highest BCUT2D eigenvalue weighted by molar-refractivity contribution is 7.89. The minimum atomic E-state index is -3.99. The zero-order chi connectivity index (χ0) is 16.9. The number of ether oxygens (including phenoxy) is 1. The van der Waals surface area contributed by atoms with Crippen LogP contribution in [0.4, 0.5) is 5.82 Å². The Morgan fingerprint density at radius 3 is 2.57 bits per heavy atom. The van der Waals surface area contributed by atoms with Gasteiger partial charge in [0.05, 0.1) is 18.6 Å². The Labute approximate surface area is 132 Å². The first-order valence-corrected chi connectivity index (χ1v) is 7.93. The Morgan fingerprint density at radius 1 is 1.35 bits per heavy atom. The van der Waals surface area contributed by atoms with E-state index in [-0.39, 0.29) is 10.7 Å². The van der Waals surface area contributed by atoms with Crippen LogP contribution in [0.1, 0.15) is 0 Å². The number of carbonyl (C=O) groups excluding carboxylic acids is 1. The summed E-state index contributed by atoms with van der Waals surface area (Å²) in [5.74, 6) is -0.165. The van der Waals surface area contributed by atoms with Crippen LogP contribution in [0.5, 0.6) is 5.75 Å². The van der Waals surface area contributed by atoms with E-state index in [1.165, 1.54) is 43.7 Å². The summed E-state index contributed by atoms with van der Waals surface area (Å²) in [6.45, 7) is -0.723. The fourth-order valence-electron chi connectivity index (χ4n) is 1.67. The number of methoxy groups -OCH3 is 1. The molecule has 1 heterocycles. The van der Waals surface area contributed by atoms with Gasteiger partial charge >= 0.3 is 0 Å². The molecule has 1 aromatic carbocycles. The van der Waals surface area contributed by atoms with Crippen molar-refractivity contribution in [2.45, 2.75) is 10.9 Å². The Morgan fingerprint density at radius 2 is 2.04 bits per heavy atom. The van der Waals surface area contributed by atoms with Gasteiger partial charge in [-0.25, -0.2) is 8.42 Å². The maximum atomic E-state index is 12.2. The number of aromatic nitrogens is 1. The monoisotopic (exact) mass is 341 g/mol. The zero-order valence-corrected chi connectivity index (χ0v) is 12.9. The summed E-state index contributed by atoms with van der Waals surface area (Å²) in [7, 11) is -2.53. The number of nitrogens with one attached hydrogen (secondary N) is 2. The topological polar surface area (TPSA) is 131 Å².